The fourth-order valence-electron chi connectivity index (χ4n) is 8.53. The van der Waals surface area contributed by atoms with E-state index in [1.165, 1.54) is 0 Å². The van der Waals surface area contributed by atoms with Gasteiger partial charge in [0.2, 0.25) is 0 Å². The minimum absolute atomic E-state index is 0.0314. The van der Waals surface area contributed by atoms with E-state index in [0.717, 1.165) is 87.5 Å². The van der Waals surface area contributed by atoms with E-state index in [1.54, 1.807) is 12.3 Å². The van der Waals surface area contributed by atoms with Gasteiger partial charge < -0.3 is 4.74 Å². The van der Waals surface area contributed by atoms with Crippen molar-refractivity contribution < 1.29 is 46.7 Å². The van der Waals surface area contributed by atoms with Crippen LogP contribution in [0.15, 0.2) is 42.6 Å². The number of carbonyl (C=O) groups is 2. The van der Waals surface area contributed by atoms with E-state index >= 15 is 4.39 Å². The number of benzene rings is 2. The second-order valence-electron chi connectivity index (χ2n) is 13.4. The van der Waals surface area contributed by atoms with Gasteiger partial charge in [-0.05, 0) is 50.2 Å². The first-order valence-corrected chi connectivity index (χ1v) is 18.2. The first kappa shape index (κ1) is 32.0. The number of halogens is 2. The summed E-state index contributed by atoms with van der Waals surface area (Å²) in [6.07, 6.45) is 7.93. The maximum atomic E-state index is 16.8. The van der Waals surface area contributed by atoms with E-state index in [4.69, 9.17) is 29.1 Å². The molecular formula is C35H35AtClFN6O4. The summed E-state index contributed by atoms with van der Waals surface area (Å²) in [5.74, 6) is -0.422. The van der Waals surface area contributed by atoms with Crippen molar-refractivity contribution in [2.75, 3.05) is 37.7 Å². The number of amides is 1. The van der Waals surface area contributed by atoms with Crippen molar-refractivity contribution in [3.8, 4) is 17.3 Å². The van der Waals surface area contributed by atoms with Crippen molar-refractivity contribution in [2.45, 2.75) is 69.0 Å². The molecule has 2 bridgehead atoms. The van der Waals surface area contributed by atoms with Crippen molar-refractivity contribution in [3.63, 3.8) is 0 Å². The van der Waals surface area contributed by atoms with E-state index in [-0.39, 0.29) is 59.6 Å². The molecule has 2 aromatic carbocycles. The van der Waals surface area contributed by atoms with Crippen LogP contribution < -0.4 is 9.64 Å². The first-order chi connectivity index (χ1) is 23.3. The molecular weight excluding hydrogens is 833 g/mol. The number of hydrogen-bond donors (Lipinski definition) is 0. The first-order valence-electron chi connectivity index (χ1n) is 16.6. The normalized spacial score (nSPS) is 21.6. The second kappa shape index (κ2) is 12.9. The molecule has 0 radical (unpaired) electrons. The molecule has 0 unspecified atom stereocenters. The number of fused-ring (bicyclic) bond motifs is 5. The molecule has 2 atom stereocenters. The molecule has 4 aliphatic rings. The molecule has 4 saturated heterocycles. The van der Waals surface area contributed by atoms with Crippen LogP contribution in [0, 0.1) is 31.0 Å². The summed E-state index contributed by atoms with van der Waals surface area (Å²) in [4.78, 5) is 45.8. The number of pyridine rings is 1. The second-order valence-corrected chi connectivity index (χ2v) is 14.4. The summed E-state index contributed by atoms with van der Waals surface area (Å²) in [7, 11) is 0. The van der Waals surface area contributed by atoms with Gasteiger partial charge >= 0.3 is 144 Å². The van der Waals surface area contributed by atoms with Crippen molar-refractivity contribution in [3.05, 3.63) is 53.4 Å². The number of ether oxygens (including phenoxy) is 1. The molecule has 0 spiro atoms. The average molecular weight is 868 g/mol. The Morgan fingerprint density at radius 1 is 1.02 bits per heavy atom. The van der Waals surface area contributed by atoms with Crippen LogP contribution in [-0.4, -0.2) is 87.0 Å². The predicted molar refractivity (Wildman–Crippen MR) is 175 cm³/mol. The molecule has 2 aromatic heterocycles. The Bertz CT molecular complexity index is 1900. The topological polar surface area (TPSA) is 101 Å². The summed E-state index contributed by atoms with van der Waals surface area (Å²) < 4.78 is 28.1. The number of carbonyl (C=O) groups excluding carboxylic acids is 2. The molecule has 1 amide bonds. The van der Waals surface area contributed by atoms with Gasteiger partial charge in [-0.25, -0.2) is 4.39 Å². The monoisotopic (exact) mass is 867 g/mol. The average Bonchev–Trinajstić information content (AvgIpc) is 3.76. The van der Waals surface area contributed by atoms with Gasteiger partial charge in [0.25, 0.3) is 0 Å². The van der Waals surface area contributed by atoms with Crippen LogP contribution in [-0.2, 0) is 12.4 Å². The van der Waals surface area contributed by atoms with Gasteiger partial charge in [0, 0.05) is 16.0 Å². The Morgan fingerprint density at radius 2 is 1.75 bits per heavy atom. The van der Waals surface area contributed by atoms with Crippen molar-refractivity contribution in [2.24, 2.45) is 0 Å². The van der Waals surface area contributed by atoms with Gasteiger partial charge in [-0.3, -0.25) is 9.88 Å². The molecule has 4 aliphatic heterocycles. The summed E-state index contributed by atoms with van der Waals surface area (Å²) in [5.41, 5.74) is 0.859. The fourth-order valence-corrected chi connectivity index (χ4v) is 9.11. The third kappa shape index (κ3) is 5.57. The molecule has 0 N–H and O–H groups in total. The summed E-state index contributed by atoms with van der Waals surface area (Å²) >= 11 is 7.56. The summed E-state index contributed by atoms with van der Waals surface area (Å²) in [5, 5.41) is 2.62. The minimum atomic E-state index is -0.559. The Balaban J connectivity index is 1.17. The SMILES string of the molecule is O=C(CCC(=O)N1[C@@H]2CC[C@H]1CN(c1nc(OCC34CCCN3CCC4)nc3c(F)c(-c4cccc5cccc(Cl)c45)ncc13)C2)O[At]. The Labute approximate surface area is 298 Å². The molecule has 13 heteroatoms. The number of hydrogen-bond acceptors (Lipinski definition) is 9. The van der Waals surface area contributed by atoms with Crippen LogP contribution in [0.1, 0.15) is 51.4 Å². The van der Waals surface area contributed by atoms with Crippen LogP contribution in [0.4, 0.5) is 10.2 Å². The molecule has 10 nitrogen and oxygen atoms in total. The zero-order valence-corrected chi connectivity index (χ0v) is 30.0. The van der Waals surface area contributed by atoms with E-state index in [0.29, 0.717) is 41.5 Å². The maximum absolute atomic E-state index is 16.8. The molecule has 8 rings (SSSR count). The van der Waals surface area contributed by atoms with Gasteiger partial charge in [0.15, 0.2) is 5.82 Å². The number of rotatable bonds is 8. The van der Waals surface area contributed by atoms with E-state index in [1.807, 2.05) is 35.2 Å². The van der Waals surface area contributed by atoms with Crippen molar-refractivity contribution in [1.29, 1.82) is 0 Å². The predicted octanol–water partition coefficient (Wildman–Crippen LogP) is 5.61. The third-order valence-corrected chi connectivity index (χ3v) is 11.7. The van der Waals surface area contributed by atoms with Crippen LogP contribution >= 0.6 is 11.6 Å². The van der Waals surface area contributed by atoms with Gasteiger partial charge in [0.1, 0.15) is 12.3 Å². The summed E-state index contributed by atoms with van der Waals surface area (Å²) in [6, 6.07) is 11.3. The van der Waals surface area contributed by atoms with Gasteiger partial charge in [-0.1, -0.05) is 41.9 Å². The molecule has 48 heavy (non-hydrogen) atoms. The molecule has 250 valence electrons. The quantitative estimate of drug-likeness (QED) is 0.224. The number of piperazine rings is 1. The Hall–Kier alpha value is -3.21. The Morgan fingerprint density at radius 3 is 2.48 bits per heavy atom. The van der Waals surface area contributed by atoms with Gasteiger partial charge in [0.05, 0.1) is 5.54 Å². The Kier molecular flexibility index (Phi) is 8.62. The molecule has 4 aromatic rings. The zero-order chi connectivity index (χ0) is 33.0. The van der Waals surface area contributed by atoms with Gasteiger partial charge in [-0.2, -0.15) is 4.98 Å². The van der Waals surface area contributed by atoms with Crippen LogP contribution in [0.2, 0.25) is 5.02 Å². The van der Waals surface area contributed by atoms with Crippen molar-refractivity contribution in [1.82, 2.24) is 24.8 Å². The van der Waals surface area contributed by atoms with Crippen LogP contribution in [0.25, 0.3) is 32.9 Å². The molecule has 0 saturated carbocycles. The number of anilines is 1. The zero-order valence-electron chi connectivity index (χ0n) is 26.3. The summed E-state index contributed by atoms with van der Waals surface area (Å²) in [6.45, 7) is 3.63. The molecule has 4 fully saturated rings. The van der Waals surface area contributed by atoms with Gasteiger partial charge in [-0.15, -0.1) is 0 Å². The van der Waals surface area contributed by atoms with Crippen LogP contribution in [0.5, 0.6) is 6.01 Å². The fraction of sp³-hybridized carbons (Fsp3) is 0.457. The standard InChI is InChI=1S/C35H35AtClFN6O4/c36-48-28(46)12-11-27(45)44-22-9-10-23(44)19-42(18-22)33-25-17-39-31(24-7-1-5-21-6-2-8-26(37)29(21)24)30(38)32(25)40-34(41-33)47-20-35-13-3-15-43(35)16-4-14-35/h1-2,5-8,17,22-23H,3-4,9-16,18-20H2/t22-,23+. The van der Waals surface area contributed by atoms with E-state index in [2.05, 4.69) is 14.8 Å². The number of nitrogens with zero attached hydrogens (tertiary/aromatic N) is 6. The van der Waals surface area contributed by atoms with Crippen LogP contribution in [0.3, 0.4) is 0 Å². The van der Waals surface area contributed by atoms with E-state index in [9.17, 15) is 9.59 Å². The molecule has 6 heterocycles. The van der Waals surface area contributed by atoms with Crippen molar-refractivity contribution >= 4 is 51.0 Å². The number of aromatic nitrogens is 3. The molecule has 0 aliphatic carbocycles. The third-order valence-electron chi connectivity index (χ3n) is 10.7. The van der Waals surface area contributed by atoms with E-state index < -0.39 is 5.82 Å².